The third-order valence-electron chi connectivity index (χ3n) is 5.17. The van der Waals surface area contributed by atoms with Crippen molar-refractivity contribution in [1.82, 2.24) is 10.2 Å². The Hall–Kier alpha value is 0.270. The lowest BCUT2D eigenvalue weighted by molar-refractivity contribution is 0.0724. The normalized spacial score (nSPS) is 32.4. The molecule has 1 heterocycles. The molecule has 1 saturated carbocycles. The highest BCUT2D eigenvalue weighted by molar-refractivity contribution is 7.98. The minimum Gasteiger partial charge on any atom is -0.311 e. The lowest BCUT2D eigenvalue weighted by atomic mass is 9.82. The molecule has 1 aliphatic heterocycles. The van der Waals surface area contributed by atoms with Crippen LogP contribution in [0.3, 0.4) is 0 Å². The summed E-state index contributed by atoms with van der Waals surface area (Å²) in [4.78, 5) is 2.80. The molecule has 1 aliphatic carbocycles. The van der Waals surface area contributed by atoms with Crippen LogP contribution >= 0.6 is 11.8 Å². The van der Waals surface area contributed by atoms with Gasteiger partial charge in [-0.25, -0.2) is 0 Å². The molecule has 0 amide bonds. The monoisotopic (exact) mass is 284 g/mol. The Kier molecular flexibility index (Phi) is 6.51. The first-order valence-corrected chi connectivity index (χ1v) is 9.63. The van der Waals surface area contributed by atoms with Crippen molar-refractivity contribution in [2.24, 2.45) is 5.92 Å². The molecule has 3 atom stereocenters. The van der Waals surface area contributed by atoms with Crippen LogP contribution in [0.25, 0.3) is 0 Å². The van der Waals surface area contributed by atoms with Crippen LogP contribution < -0.4 is 5.32 Å². The third kappa shape index (κ3) is 4.12. The van der Waals surface area contributed by atoms with Crippen LogP contribution in [0.5, 0.6) is 0 Å². The minimum atomic E-state index is 0.706. The van der Waals surface area contributed by atoms with Crippen molar-refractivity contribution in [2.75, 3.05) is 25.1 Å². The van der Waals surface area contributed by atoms with E-state index in [0.717, 1.165) is 18.0 Å². The van der Waals surface area contributed by atoms with Gasteiger partial charge in [-0.2, -0.15) is 11.8 Å². The fourth-order valence-corrected chi connectivity index (χ4v) is 4.72. The molecule has 0 aromatic carbocycles. The summed E-state index contributed by atoms with van der Waals surface area (Å²) in [7, 11) is 0. The van der Waals surface area contributed by atoms with Crippen LogP contribution in [-0.2, 0) is 0 Å². The molecule has 2 nitrogen and oxygen atoms in total. The SMILES string of the molecule is CCC(CSC)N1CC(C2CCCCC2)NCC1C. The second kappa shape index (κ2) is 7.90. The van der Waals surface area contributed by atoms with E-state index in [2.05, 4.69) is 30.3 Å². The van der Waals surface area contributed by atoms with Gasteiger partial charge in [0.15, 0.2) is 0 Å². The Morgan fingerprint density at radius 3 is 2.63 bits per heavy atom. The van der Waals surface area contributed by atoms with Crippen molar-refractivity contribution in [1.29, 1.82) is 0 Å². The van der Waals surface area contributed by atoms with Crippen LogP contribution in [0.15, 0.2) is 0 Å². The molecule has 2 fully saturated rings. The van der Waals surface area contributed by atoms with Gasteiger partial charge in [0.2, 0.25) is 0 Å². The standard InChI is InChI=1S/C16H32N2S/c1-4-15(12-19-3)18-11-16(17-10-13(18)2)14-8-6-5-7-9-14/h13-17H,4-12H2,1-3H3. The topological polar surface area (TPSA) is 15.3 Å². The molecule has 0 spiro atoms. The summed E-state index contributed by atoms with van der Waals surface area (Å²) in [6, 6.07) is 2.24. The molecule has 3 heteroatoms. The number of thioether (sulfide) groups is 1. The van der Waals surface area contributed by atoms with Gasteiger partial charge in [0.05, 0.1) is 0 Å². The molecule has 2 aliphatic rings. The summed E-state index contributed by atoms with van der Waals surface area (Å²) in [5, 5.41) is 3.84. The molecule has 112 valence electrons. The van der Waals surface area contributed by atoms with Crippen molar-refractivity contribution >= 4 is 11.8 Å². The van der Waals surface area contributed by atoms with Crippen molar-refractivity contribution in [2.45, 2.75) is 70.5 Å². The van der Waals surface area contributed by atoms with E-state index in [9.17, 15) is 0 Å². The van der Waals surface area contributed by atoms with Crippen molar-refractivity contribution in [3.63, 3.8) is 0 Å². The third-order valence-corrected chi connectivity index (χ3v) is 5.89. The highest BCUT2D eigenvalue weighted by atomic mass is 32.2. The fourth-order valence-electron chi connectivity index (χ4n) is 3.91. The first-order chi connectivity index (χ1) is 9.26. The van der Waals surface area contributed by atoms with E-state index >= 15 is 0 Å². The summed E-state index contributed by atoms with van der Waals surface area (Å²) in [5.41, 5.74) is 0. The van der Waals surface area contributed by atoms with E-state index in [1.807, 2.05) is 11.8 Å². The van der Waals surface area contributed by atoms with Gasteiger partial charge in [0, 0.05) is 37.0 Å². The number of rotatable bonds is 5. The number of nitrogens with zero attached hydrogens (tertiary/aromatic N) is 1. The average molecular weight is 285 g/mol. The highest BCUT2D eigenvalue weighted by Gasteiger charge is 2.33. The number of piperazine rings is 1. The largest absolute Gasteiger partial charge is 0.311 e. The molecule has 0 bridgehead atoms. The zero-order valence-electron chi connectivity index (χ0n) is 13.0. The molecule has 19 heavy (non-hydrogen) atoms. The zero-order chi connectivity index (χ0) is 13.7. The van der Waals surface area contributed by atoms with Crippen LogP contribution in [0.4, 0.5) is 0 Å². The molecule has 1 saturated heterocycles. The second-order valence-corrected chi connectivity index (χ2v) is 7.39. The number of hydrogen-bond donors (Lipinski definition) is 1. The molecular weight excluding hydrogens is 252 g/mol. The number of hydrogen-bond acceptors (Lipinski definition) is 3. The van der Waals surface area contributed by atoms with E-state index < -0.39 is 0 Å². The Bertz CT molecular complexity index is 253. The predicted molar refractivity (Wildman–Crippen MR) is 87.0 cm³/mol. The van der Waals surface area contributed by atoms with Gasteiger partial charge >= 0.3 is 0 Å². The molecule has 1 N–H and O–H groups in total. The maximum Gasteiger partial charge on any atom is 0.0224 e. The summed E-state index contributed by atoms with van der Waals surface area (Å²) in [5.74, 6) is 2.23. The molecule has 0 aromatic rings. The summed E-state index contributed by atoms with van der Waals surface area (Å²) >= 11 is 2.00. The predicted octanol–water partition coefficient (Wildman–Crippen LogP) is 3.37. The first kappa shape index (κ1) is 15.7. The fraction of sp³-hybridized carbons (Fsp3) is 1.00. The van der Waals surface area contributed by atoms with Gasteiger partial charge in [0.25, 0.3) is 0 Å². The second-order valence-electron chi connectivity index (χ2n) is 6.48. The maximum atomic E-state index is 3.84. The van der Waals surface area contributed by atoms with Gasteiger partial charge in [-0.15, -0.1) is 0 Å². The van der Waals surface area contributed by atoms with Gasteiger partial charge in [-0.1, -0.05) is 26.2 Å². The van der Waals surface area contributed by atoms with Gasteiger partial charge in [-0.05, 0) is 38.4 Å². The molecule has 3 unspecified atom stereocenters. The Morgan fingerprint density at radius 2 is 2.00 bits per heavy atom. The Morgan fingerprint density at radius 1 is 1.26 bits per heavy atom. The van der Waals surface area contributed by atoms with E-state index in [0.29, 0.717) is 6.04 Å². The van der Waals surface area contributed by atoms with Gasteiger partial charge in [0.1, 0.15) is 0 Å². The summed E-state index contributed by atoms with van der Waals surface area (Å²) < 4.78 is 0. The number of nitrogens with one attached hydrogen (secondary N) is 1. The van der Waals surface area contributed by atoms with E-state index in [4.69, 9.17) is 0 Å². The highest BCUT2D eigenvalue weighted by Crippen LogP contribution is 2.29. The smallest absolute Gasteiger partial charge is 0.0224 e. The molecular formula is C16H32N2S. The lowest BCUT2D eigenvalue weighted by Crippen LogP contribution is -2.61. The van der Waals surface area contributed by atoms with Crippen molar-refractivity contribution in [3.8, 4) is 0 Å². The summed E-state index contributed by atoms with van der Waals surface area (Å²) in [6.45, 7) is 7.22. The first-order valence-electron chi connectivity index (χ1n) is 8.24. The van der Waals surface area contributed by atoms with Crippen molar-refractivity contribution in [3.05, 3.63) is 0 Å². The van der Waals surface area contributed by atoms with E-state index in [1.165, 1.54) is 57.4 Å². The summed E-state index contributed by atoms with van der Waals surface area (Å²) in [6.07, 6.45) is 10.8. The molecule has 2 rings (SSSR count). The van der Waals surface area contributed by atoms with Crippen LogP contribution in [0, 0.1) is 5.92 Å². The Balaban J connectivity index is 1.94. The zero-order valence-corrected chi connectivity index (χ0v) is 13.8. The Labute approximate surface area is 124 Å². The van der Waals surface area contributed by atoms with Gasteiger partial charge < -0.3 is 5.32 Å². The molecule has 0 radical (unpaired) electrons. The maximum absolute atomic E-state index is 3.84. The van der Waals surface area contributed by atoms with Crippen LogP contribution in [-0.4, -0.2) is 48.1 Å². The van der Waals surface area contributed by atoms with Crippen LogP contribution in [0.1, 0.15) is 52.4 Å². The quantitative estimate of drug-likeness (QED) is 0.833. The van der Waals surface area contributed by atoms with Crippen LogP contribution in [0.2, 0.25) is 0 Å². The lowest BCUT2D eigenvalue weighted by Gasteiger charge is -2.46. The van der Waals surface area contributed by atoms with E-state index in [1.54, 1.807) is 0 Å². The minimum absolute atomic E-state index is 0.706. The average Bonchev–Trinajstić information content (AvgIpc) is 2.46. The van der Waals surface area contributed by atoms with Gasteiger partial charge in [-0.3, -0.25) is 4.90 Å². The van der Waals surface area contributed by atoms with E-state index in [-0.39, 0.29) is 0 Å². The molecule has 0 aromatic heterocycles. The van der Waals surface area contributed by atoms with Crippen molar-refractivity contribution < 1.29 is 0 Å².